The van der Waals surface area contributed by atoms with Crippen LogP contribution in [0.2, 0.25) is 0 Å². The number of rotatable bonds is 5. The molecule has 7 heteroatoms. The molecule has 0 radical (unpaired) electrons. The summed E-state index contributed by atoms with van der Waals surface area (Å²) in [6.45, 7) is 10.1. The van der Waals surface area contributed by atoms with Gasteiger partial charge in [-0.25, -0.2) is 13.1 Å². The summed E-state index contributed by atoms with van der Waals surface area (Å²) < 4.78 is 27.4. The van der Waals surface area contributed by atoms with E-state index in [-0.39, 0.29) is 16.5 Å². The summed E-state index contributed by atoms with van der Waals surface area (Å²) in [4.78, 5) is 0. The van der Waals surface area contributed by atoms with Crippen LogP contribution in [-0.2, 0) is 16.6 Å². The summed E-state index contributed by atoms with van der Waals surface area (Å²) in [6.07, 6.45) is 0. The second-order valence-electron chi connectivity index (χ2n) is 5.87. The Balaban J connectivity index is 3.08. The highest BCUT2D eigenvalue weighted by Crippen LogP contribution is 2.22. The van der Waals surface area contributed by atoms with Crippen LogP contribution in [0.4, 0.5) is 0 Å². The van der Waals surface area contributed by atoms with Crippen molar-refractivity contribution >= 4 is 10.0 Å². The molecule has 1 aromatic rings. The van der Waals surface area contributed by atoms with E-state index in [1.165, 1.54) is 0 Å². The van der Waals surface area contributed by atoms with Crippen LogP contribution in [0.25, 0.3) is 0 Å². The van der Waals surface area contributed by atoms with Gasteiger partial charge in [-0.2, -0.15) is 5.10 Å². The van der Waals surface area contributed by atoms with Gasteiger partial charge < -0.3 is 5.32 Å². The molecule has 0 saturated heterocycles. The highest BCUT2D eigenvalue weighted by molar-refractivity contribution is 7.89. The number of aromatic nitrogens is 2. The predicted octanol–water partition coefficient (Wildman–Crippen LogP) is 1.15. The van der Waals surface area contributed by atoms with Crippen LogP contribution >= 0.6 is 0 Å². The molecule has 1 rings (SSSR count). The topological polar surface area (TPSA) is 86.9 Å². The van der Waals surface area contributed by atoms with Gasteiger partial charge in [-0.3, -0.25) is 5.10 Å². The van der Waals surface area contributed by atoms with Crippen molar-refractivity contribution in [3.63, 3.8) is 0 Å². The first-order chi connectivity index (χ1) is 8.59. The molecule has 0 bridgehead atoms. The van der Waals surface area contributed by atoms with Gasteiger partial charge >= 0.3 is 0 Å². The highest BCUT2D eigenvalue weighted by Gasteiger charge is 2.29. The van der Waals surface area contributed by atoms with Crippen molar-refractivity contribution in [1.82, 2.24) is 20.2 Å². The molecule has 0 fully saturated rings. The van der Waals surface area contributed by atoms with Gasteiger partial charge in [-0.05, 0) is 26.3 Å². The smallest absolute Gasteiger partial charge is 0.260 e. The second kappa shape index (κ2) is 5.60. The molecule has 19 heavy (non-hydrogen) atoms. The molecule has 0 aliphatic heterocycles. The lowest BCUT2D eigenvalue weighted by Crippen LogP contribution is -2.41. The van der Waals surface area contributed by atoms with Gasteiger partial charge in [0.2, 0.25) is 0 Å². The largest absolute Gasteiger partial charge is 0.316 e. The summed E-state index contributed by atoms with van der Waals surface area (Å²) >= 11 is 0. The van der Waals surface area contributed by atoms with Crippen LogP contribution in [0.3, 0.4) is 0 Å². The maximum absolute atomic E-state index is 12.4. The molecular formula is C12H24N4O2S. The summed E-state index contributed by atoms with van der Waals surface area (Å²) in [7, 11) is -1.84. The fourth-order valence-corrected chi connectivity index (χ4v) is 3.15. The third-order valence-electron chi connectivity index (χ3n) is 3.28. The Morgan fingerprint density at radius 1 is 1.37 bits per heavy atom. The molecule has 0 aliphatic carbocycles. The minimum absolute atomic E-state index is 0.0791. The van der Waals surface area contributed by atoms with E-state index < -0.39 is 10.0 Å². The molecular weight excluding hydrogens is 264 g/mol. The van der Waals surface area contributed by atoms with Crippen LogP contribution in [0.5, 0.6) is 0 Å². The molecule has 0 aliphatic rings. The molecule has 3 N–H and O–H groups in total. The van der Waals surface area contributed by atoms with Gasteiger partial charge in [0.05, 0.1) is 0 Å². The maximum atomic E-state index is 12.4. The molecule has 1 unspecified atom stereocenters. The first-order valence-electron chi connectivity index (χ1n) is 6.30. The lowest BCUT2D eigenvalue weighted by Gasteiger charge is -2.27. The predicted molar refractivity (Wildman–Crippen MR) is 75.3 cm³/mol. The van der Waals surface area contributed by atoms with Crippen molar-refractivity contribution in [1.29, 1.82) is 0 Å². The van der Waals surface area contributed by atoms with Crippen LogP contribution in [-0.4, -0.2) is 31.7 Å². The van der Waals surface area contributed by atoms with Crippen molar-refractivity contribution in [2.45, 2.75) is 52.2 Å². The Bertz CT molecular complexity index is 528. The van der Waals surface area contributed by atoms with Gasteiger partial charge in [-0.1, -0.05) is 20.8 Å². The van der Waals surface area contributed by atoms with E-state index in [0.29, 0.717) is 12.1 Å². The van der Waals surface area contributed by atoms with Gasteiger partial charge in [0.25, 0.3) is 10.0 Å². The number of sulfonamides is 1. The Labute approximate surface area is 115 Å². The lowest BCUT2D eigenvalue weighted by atomic mass is 9.89. The Morgan fingerprint density at radius 2 is 1.95 bits per heavy atom. The number of aromatic amines is 1. The number of aryl methyl sites for hydroxylation is 1. The van der Waals surface area contributed by atoms with Crippen LogP contribution in [0.1, 0.15) is 39.0 Å². The zero-order valence-electron chi connectivity index (χ0n) is 12.5. The Hall–Kier alpha value is -0.920. The van der Waals surface area contributed by atoms with Crippen LogP contribution < -0.4 is 10.0 Å². The van der Waals surface area contributed by atoms with E-state index in [2.05, 4.69) is 20.2 Å². The third-order valence-corrected chi connectivity index (χ3v) is 4.79. The maximum Gasteiger partial charge on any atom is 0.260 e. The lowest BCUT2D eigenvalue weighted by molar-refractivity contribution is 0.317. The molecule has 0 spiro atoms. The van der Waals surface area contributed by atoms with E-state index in [9.17, 15) is 8.42 Å². The van der Waals surface area contributed by atoms with Crippen molar-refractivity contribution in [3.05, 3.63) is 11.3 Å². The average molecular weight is 288 g/mol. The SMILES string of the molecule is CNCc1c(S(=O)(=O)NC(C)C(C)(C)C)n[nH]c1C. The first kappa shape index (κ1) is 16.1. The van der Waals surface area contributed by atoms with Gasteiger partial charge in [0, 0.05) is 23.8 Å². The number of nitrogens with zero attached hydrogens (tertiary/aromatic N) is 1. The zero-order valence-corrected chi connectivity index (χ0v) is 13.3. The van der Waals surface area contributed by atoms with E-state index in [0.717, 1.165) is 5.69 Å². The first-order valence-corrected chi connectivity index (χ1v) is 7.78. The van der Waals surface area contributed by atoms with E-state index in [1.807, 2.05) is 34.6 Å². The standard InChI is InChI=1S/C12H24N4O2S/c1-8-10(7-13-6)11(15-14-8)19(17,18)16-9(2)12(3,4)5/h9,13,16H,7H2,1-6H3,(H,14,15). The molecule has 6 nitrogen and oxygen atoms in total. The number of H-pyrrole nitrogens is 1. The quantitative estimate of drug-likeness (QED) is 0.758. The Kier molecular flexibility index (Phi) is 4.76. The van der Waals surface area contributed by atoms with Crippen LogP contribution in [0.15, 0.2) is 5.03 Å². The molecule has 110 valence electrons. The second-order valence-corrected chi connectivity index (χ2v) is 7.50. The van der Waals surface area contributed by atoms with Crippen molar-refractivity contribution in [2.75, 3.05) is 7.05 Å². The van der Waals surface area contributed by atoms with Crippen LogP contribution in [0, 0.1) is 12.3 Å². The van der Waals surface area contributed by atoms with Gasteiger partial charge in [0.15, 0.2) is 5.03 Å². The van der Waals surface area contributed by atoms with Crippen molar-refractivity contribution < 1.29 is 8.42 Å². The van der Waals surface area contributed by atoms with Crippen molar-refractivity contribution in [3.8, 4) is 0 Å². The van der Waals surface area contributed by atoms with E-state index in [4.69, 9.17) is 0 Å². The number of hydrogen-bond donors (Lipinski definition) is 3. The molecule has 1 aromatic heterocycles. The summed E-state index contributed by atoms with van der Waals surface area (Å²) in [5, 5.41) is 9.69. The molecule has 0 amide bonds. The number of hydrogen-bond acceptors (Lipinski definition) is 4. The molecule has 0 saturated carbocycles. The average Bonchev–Trinajstić information content (AvgIpc) is 2.60. The normalized spacial score (nSPS) is 14.6. The third kappa shape index (κ3) is 3.77. The fourth-order valence-electron chi connectivity index (χ4n) is 1.50. The molecule has 0 aromatic carbocycles. The monoisotopic (exact) mass is 288 g/mol. The summed E-state index contributed by atoms with van der Waals surface area (Å²) in [5.41, 5.74) is 1.29. The minimum atomic E-state index is -3.61. The van der Waals surface area contributed by atoms with Gasteiger partial charge in [-0.15, -0.1) is 0 Å². The fraction of sp³-hybridized carbons (Fsp3) is 0.750. The summed E-state index contributed by atoms with van der Waals surface area (Å²) in [5.74, 6) is 0. The van der Waals surface area contributed by atoms with Gasteiger partial charge in [0.1, 0.15) is 0 Å². The van der Waals surface area contributed by atoms with E-state index >= 15 is 0 Å². The highest BCUT2D eigenvalue weighted by atomic mass is 32.2. The van der Waals surface area contributed by atoms with E-state index in [1.54, 1.807) is 7.05 Å². The zero-order chi connectivity index (χ0) is 14.8. The summed E-state index contributed by atoms with van der Waals surface area (Å²) in [6, 6.07) is -0.183. The Morgan fingerprint density at radius 3 is 2.42 bits per heavy atom. The molecule has 1 heterocycles. The molecule has 1 atom stereocenters. The van der Waals surface area contributed by atoms with Crippen molar-refractivity contribution in [2.24, 2.45) is 5.41 Å². The number of nitrogens with one attached hydrogen (secondary N) is 3. The minimum Gasteiger partial charge on any atom is -0.316 e.